The Hall–Kier alpha value is -1.60. The van der Waals surface area contributed by atoms with Crippen LogP contribution >= 0.6 is 0 Å². The number of methoxy groups -OCH3 is 1. The zero-order valence-electron chi connectivity index (χ0n) is 11.9. The number of alkyl halides is 3. The molecule has 1 atom stereocenters. The second-order valence-electron chi connectivity index (χ2n) is 4.76. The van der Waals surface area contributed by atoms with E-state index in [1.807, 2.05) is 0 Å². The van der Waals surface area contributed by atoms with Crippen LogP contribution in [0.3, 0.4) is 0 Å². The maximum absolute atomic E-state index is 12.2. The number of benzene rings is 1. The van der Waals surface area contributed by atoms with Crippen molar-refractivity contribution in [1.82, 2.24) is 0 Å². The van der Waals surface area contributed by atoms with Gasteiger partial charge in [0.15, 0.2) is 0 Å². The molecule has 1 aromatic carbocycles. The summed E-state index contributed by atoms with van der Waals surface area (Å²) in [4.78, 5) is 12.1. The first-order valence-corrected chi connectivity index (χ1v) is 6.25. The van der Waals surface area contributed by atoms with Gasteiger partial charge >= 0.3 is 12.1 Å². The molecule has 0 aromatic heterocycles. The van der Waals surface area contributed by atoms with Gasteiger partial charge in [-0.15, -0.1) is 0 Å². The van der Waals surface area contributed by atoms with E-state index in [4.69, 9.17) is 10.5 Å². The van der Waals surface area contributed by atoms with Gasteiger partial charge in [-0.2, -0.15) is 13.2 Å². The lowest BCUT2D eigenvalue weighted by Crippen LogP contribution is -2.48. The largest absolute Gasteiger partial charge is 0.468 e. The van der Waals surface area contributed by atoms with Crippen molar-refractivity contribution < 1.29 is 27.4 Å². The standard InChI is InChI=1S/C14H18F3NO3/c1-10-4-3-5-11(6-10)13(7-18,12(19)20-2)8-21-9-14(15,16)17/h3-6H,7-9,18H2,1-2H3. The topological polar surface area (TPSA) is 61.5 Å². The van der Waals surface area contributed by atoms with Crippen molar-refractivity contribution in [2.75, 3.05) is 26.9 Å². The van der Waals surface area contributed by atoms with Gasteiger partial charge in [-0.05, 0) is 12.5 Å². The van der Waals surface area contributed by atoms with Gasteiger partial charge in [0.25, 0.3) is 0 Å². The minimum atomic E-state index is -4.47. The Balaban J connectivity index is 3.08. The van der Waals surface area contributed by atoms with E-state index in [1.54, 1.807) is 31.2 Å². The number of nitrogens with two attached hydrogens (primary N) is 1. The Bertz CT molecular complexity index is 491. The molecule has 1 unspecified atom stereocenters. The van der Waals surface area contributed by atoms with Crippen molar-refractivity contribution in [2.24, 2.45) is 5.73 Å². The number of hydrogen-bond acceptors (Lipinski definition) is 4. The number of esters is 1. The number of rotatable bonds is 6. The van der Waals surface area contributed by atoms with Gasteiger partial charge in [-0.25, -0.2) is 0 Å². The number of ether oxygens (including phenoxy) is 2. The highest BCUT2D eigenvalue weighted by Crippen LogP contribution is 2.27. The third-order valence-electron chi connectivity index (χ3n) is 3.11. The van der Waals surface area contributed by atoms with E-state index < -0.39 is 30.8 Å². The van der Waals surface area contributed by atoms with Crippen LogP contribution < -0.4 is 5.73 Å². The molecular weight excluding hydrogens is 287 g/mol. The average Bonchev–Trinajstić information content (AvgIpc) is 2.42. The molecule has 0 aliphatic carbocycles. The van der Waals surface area contributed by atoms with E-state index in [0.717, 1.165) is 12.7 Å². The number of hydrogen-bond donors (Lipinski definition) is 1. The fraction of sp³-hybridized carbons (Fsp3) is 0.500. The second kappa shape index (κ2) is 6.91. The molecule has 7 heteroatoms. The molecule has 0 heterocycles. The quantitative estimate of drug-likeness (QED) is 0.816. The van der Waals surface area contributed by atoms with Gasteiger partial charge in [0.05, 0.1) is 13.7 Å². The predicted molar refractivity (Wildman–Crippen MR) is 70.8 cm³/mol. The number of carbonyl (C=O) groups excluding carboxylic acids is 1. The van der Waals surface area contributed by atoms with E-state index in [-0.39, 0.29) is 6.54 Å². The Morgan fingerprint density at radius 1 is 1.29 bits per heavy atom. The van der Waals surface area contributed by atoms with Crippen molar-refractivity contribution in [3.8, 4) is 0 Å². The minimum Gasteiger partial charge on any atom is -0.468 e. The van der Waals surface area contributed by atoms with Crippen molar-refractivity contribution in [3.05, 3.63) is 35.4 Å². The van der Waals surface area contributed by atoms with Crippen molar-refractivity contribution in [1.29, 1.82) is 0 Å². The smallest absolute Gasteiger partial charge is 0.411 e. The molecule has 0 radical (unpaired) electrons. The molecule has 118 valence electrons. The highest BCUT2D eigenvalue weighted by atomic mass is 19.4. The second-order valence-corrected chi connectivity index (χ2v) is 4.76. The fourth-order valence-electron chi connectivity index (χ4n) is 2.00. The molecular formula is C14H18F3NO3. The van der Waals surface area contributed by atoms with Crippen molar-refractivity contribution in [3.63, 3.8) is 0 Å². The SMILES string of the molecule is COC(=O)C(CN)(COCC(F)(F)F)c1cccc(C)c1. The van der Waals surface area contributed by atoms with Gasteiger partial charge < -0.3 is 15.2 Å². The van der Waals surface area contributed by atoms with E-state index in [0.29, 0.717) is 5.56 Å². The molecule has 0 saturated carbocycles. The monoisotopic (exact) mass is 305 g/mol. The molecule has 21 heavy (non-hydrogen) atoms. The maximum atomic E-state index is 12.2. The molecule has 0 spiro atoms. The van der Waals surface area contributed by atoms with Gasteiger partial charge in [-0.1, -0.05) is 29.8 Å². The first-order chi connectivity index (χ1) is 9.75. The lowest BCUT2D eigenvalue weighted by atomic mass is 9.80. The van der Waals surface area contributed by atoms with E-state index >= 15 is 0 Å². The molecule has 0 aliphatic rings. The highest BCUT2D eigenvalue weighted by molar-refractivity contribution is 5.83. The lowest BCUT2D eigenvalue weighted by molar-refractivity contribution is -0.181. The lowest BCUT2D eigenvalue weighted by Gasteiger charge is -2.30. The Labute approximate surface area is 121 Å². The van der Waals surface area contributed by atoms with Crippen LogP contribution in [0.25, 0.3) is 0 Å². The third-order valence-corrected chi connectivity index (χ3v) is 3.11. The van der Waals surface area contributed by atoms with E-state index in [9.17, 15) is 18.0 Å². The summed E-state index contributed by atoms with van der Waals surface area (Å²) in [5.74, 6) is -0.724. The summed E-state index contributed by atoms with van der Waals surface area (Å²) >= 11 is 0. The van der Waals surface area contributed by atoms with Gasteiger partial charge in [-0.3, -0.25) is 4.79 Å². The van der Waals surface area contributed by atoms with Gasteiger partial charge in [0.1, 0.15) is 12.0 Å². The van der Waals surface area contributed by atoms with Gasteiger partial charge in [0, 0.05) is 6.54 Å². The summed E-state index contributed by atoms with van der Waals surface area (Å²) in [6.07, 6.45) is -4.47. The van der Waals surface area contributed by atoms with Gasteiger partial charge in [0.2, 0.25) is 0 Å². The molecule has 0 bridgehead atoms. The normalized spacial score (nSPS) is 14.6. The number of carbonyl (C=O) groups is 1. The Morgan fingerprint density at radius 2 is 1.95 bits per heavy atom. The fourth-order valence-corrected chi connectivity index (χ4v) is 2.00. The summed E-state index contributed by atoms with van der Waals surface area (Å²) in [6.45, 7) is -0.365. The molecule has 0 fully saturated rings. The molecule has 0 saturated heterocycles. The highest BCUT2D eigenvalue weighted by Gasteiger charge is 2.42. The zero-order chi connectivity index (χ0) is 16.1. The first kappa shape index (κ1) is 17.5. The first-order valence-electron chi connectivity index (χ1n) is 6.25. The molecule has 0 aliphatic heterocycles. The Morgan fingerprint density at radius 3 is 2.43 bits per heavy atom. The summed E-state index contributed by atoms with van der Waals surface area (Å²) < 4.78 is 46.0. The van der Waals surface area contributed by atoms with Crippen LogP contribution in [0.1, 0.15) is 11.1 Å². The molecule has 1 rings (SSSR count). The summed E-state index contributed by atoms with van der Waals surface area (Å²) in [7, 11) is 1.16. The summed E-state index contributed by atoms with van der Waals surface area (Å²) in [5, 5.41) is 0. The molecule has 0 amide bonds. The minimum absolute atomic E-state index is 0.221. The maximum Gasteiger partial charge on any atom is 0.411 e. The average molecular weight is 305 g/mol. The number of halogens is 3. The predicted octanol–water partition coefficient (Wildman–Crippen LogP) is 1.94. The van der Waals surface area contributed by atoms with Crippen LogP contribution in [-0.2, 0) is 19.7 Å². The molecule has 2 N–H and O–H groups in total. The van der Waals surface area contributed by atoms with E-state index in [1.165, 1.54) is 0 Å². The Kier molecular flexibility index (Phi) is 5.74. The molecule has 1 aromatic rings. The van der Waals surface area contributed by atoms with Crippen LogP contribution in [0.5, 0.6) is 0 Å². The van der Waals surface area contributed by atoms with Crippen LogP contribution in [0.15, 0.2) is 24.3 Å². The molecule has 4 nitrogen and oxygen atoms in total. The van der Waals surface area contributed by atoms with Crippen LogP contribution in [0, 0.1) is 6.92 Å². The zero-order valence-corrected chi connectivity index (χ0v) is 11.9. The van der Waals surface area contributed by atoms with Crippen LogP contribution in [0.2, 0.25) is 0 Å². The van der Waals surface area contributed by atoms with Crippen LogP contribution in [-0.4, -0.2) is 39.0 Å². The van der Waals surface area contributed by atoms with Crippen molar-refractivity contribution >= 4 is 5.97 Å². The number of aryl methyl sites for hydroxylation is 1. The van der Waals surface area contributed by atoms with Crippen LogP contribution in [0.4, 0.5) is 13.2 Å². The third kappa shape index (κ3) is 4.44. The summed E-state index contributed by atoms with van der Waals surface area (Å²) in [6, 6.07) is 6.80. The van der Waals surface area contributed by atoms with Crippen molar-refractivity contribution in [2.45, 2.75) is 18.5 Å². The summed E-state index contributed by atoms with van der Waals surface area (Å²) in [5.41, 5.74) is 5.52. The van der Waals surface area contributed by atoms with E-state index in [2.05, 4.69) is 4.74 Å².